The zero-order valence-electron chi connectivity index (χ0n) is 22.4. The molecule has 0 fully saturated rings. The van der Waals surface area contributed by atoms with Crippen LogP contribution in [0.15, 0.2) is 29.8 Å². The highest BCUT2D eigenvalue weighted by molar-refractivity contribution is 5.94. The molecule has 196 valence electrons. The number of amides is 1. The Kier molecular flexibility index (Phi) is 7.74. The molecule has 0 spiro atoms. The fraction of sp³-hybridized carbons (Fsp3) is 0.690. The number of hydrogen-bond acceptors (Lipinski definition) is 2. The van der Waals surface area contributed by atoms with Gasteiger partial charge in [-0.2, -0.15) is 13.2 Å². The minimum atomic E-state index is -4.52. The van der Waals surface area contributed by atoms with Crippen molar-refractivity contribution in [2.45, 2.75) is 122 Å². The summed E-state index contributed by atoms with van der Waals surface area (Å²) in [6, 6.07) is 6.44. The second-order valence-corrected chi connectivity index (χ2v) is 12.1. The Morgan fingerprint density at radius 1 is 1.11 bits per heavy atom. The van der Waals surface area contributed by atoms with E-state index in [0.29, 0.717) is 18.4 Å². The molecule has 1 aliphatic carbocycles. The quantitative estimate of drug-likeness (QED) is 0.373. The summed E-state index contributed by atoms with van der Waals surface area (Å²) in [4.78, 5) is 12.8. The molecular formula is C29H42F3NO2. The van der Waals surface area contributed by atoms with E-state index in [-0.39, 0.29) is 17.3 Å². The lowest BCUT2D eigenvalue weighted by Crippen LogP contribution is -2.55. The summed E-state index contributed by atoms with van der Waals surface area (Å²) in [7, 11) is 0. The van der Waals surface area contributed by atoms with E-state index in [1.165, 1.54) is 31.2 Å². The van der Waals surface area contributed by atoms with Crippen molar-refractivity contribution in [1.29, 1.82) is 0 Å². The zero-order valence-corrected chi connectivity index (χ0v) is 22.4. The maximum Gasteiger partial charge on any atom is 0.410 e. The molecule has 3 nitrogen and oxygen atoms in total. The summed E-state index contributed by atoms with van der Waals surface area (Å²) in [5, 5.41) is 2.20. The van der Waals surface area contributed by atoms with Crippen LogP contribution < -0.4 is 10.1 Å². The first-order valence-corrected chi connectivity index (χ1v) is 13.0. The number of hydrogen-bond donors (Lipinski definition) is 1. The molecule has 0 saturated heterocycles. The van der Waals surface area contributed by atoms with Gasteiger partial charge in [-0.15, -0.1) is 0 Å². The number of benzene rings is 1. The average Bonchev–Trinajstić information content (AvgIpc) is 2.74. The number of allylic oxidation sites excluding steroid dienone is 1. The number of alkyl halides is 3. The Labute approximate surface area is 208 Å². The monoisotopic (exact) mass is 493 g/mol. The van der Waals surface area contributed by atoms with Crippen molar-refractivity contribution in [2.75, 3.05) is 0 Å². The highest BCUT2D eigenvalue weighted by atomic mass is 19.4. The Bertz CT molecular complexity index is 959. The molecule has 1 amide bonds. The molecule has 0 radical (unpaired) electrons. The van der Waals surface area contributed by atoms with Gasteiger partial charge < -0.3 is 10.1 Å². The fourth-order valence-corrected chi connectivity index (χ4v) is 5.46. The maximum atomic E-state index is 13.3. The summed E-state index contributed by atoms with van der Waals surface area (Å²) in [5.41, 5.74) is 0.00452. The molecule has 2 aliphatic rings. The first-order chi connectivity index (χ1) is 16.1. The van der Waals surface area contributed by atoms with Crippen molar-refractivity contribution >= 4 is 5.91 Å². The number of fused-ring (bicyclic) bond motifs is 3. The van der Waals surface area contributed by atoms with Crippen LogP contribution in [0.5, 0.6) is 5.75 Å². The van der Waals surface area contributed by atoms with E-state index < -0.39 is 23.2 Å². The predicted octanol–water partition coefficient (Wildman–Crippen LogP) is 7.98. The van der Waals surface area contributed by atoms with Crippen LogP contribution in [-0.4, -0.2) is 23.2 Å². The molecule has 3 rings (SSSR count). The van der Waals surface area contributed by atoms with Gasteiger partial charge >= 0.3 is 6.18 Å². The second kappa shape index (κ2) is 9.82. The molecule has 1 aromatic carbocycles. The van der Waals surface area contributed by atoms with Crippen LogP contribution in [0.1, 0.15) is 110 Å². The normalized spacial score (nSPS) is 21.9. The summed E-state index contributed by atoms with van der Waals surface area (Å²) < 4.78 is 46.5. The lowest BCUT2D eigenvalue weighted by Gasteiger charge is -2.47. The Hall–Kier alpha value is -1.98. The van der Waals surface area contributed by atoms with Gasteiger partial charge in [0.25, 0.3) is 0 Å². The van der Waals surface area contributed by atoms with Crippen molar-refractivity contribution in [2.24, 2.45) is 5.92 Å². The van der Waals surface area contributed by atoms with Gasteiger partial charge in [0.05, 0.1) is 0 Å². The van der Waals surface area contributed by atoms with Crippen molar-refractivity contribution in [1.82, 2.24) is 5.32 Å². The fourth-order valence-electron chi connectivity index (χ4n) is 5.46. The summed E-state index contributed by atoms with van der Waals surface area (Å²) in [6.07, 6.45) is 4.27. The first-order valence-electron chi connectivity index (χ1n) is 13.0. The van der Waals surface area contributed by atoms with Gasteiger partial charge in [0.1, 0.15) is 16.9 Å². The van der Waals surface area contributed by atoms with E-state index >= 15 is 0 Å². The van der Waals surface area contributed by atoms with Gasteiger partial charge in [-0.3, -0.25) is 4.79 Å². The summed E-state index contributed by atoms with van der Waals surface area (Å²) >= 11 is 0. The van der Waals surface area contributed by atoms with Crippen LogP contribution in [0.25, 0.3) is 0 Å². The van der Waals surface area contributed by atoms with Crippen LogP contribution >= 0.6 is 0 Å². The highest BCUT2D eigenvalue weighted by Crippen LogP contribution is 2.52. The van der Waals surface area contributed by atoms with Gasteiger partial charge in [-0.05, 0) is 75.5 Å². The largest absolute Gasteiger partial charge is 0.487 e. The van der Waals surface area contributed by atoms with Crippen LogP contribution in [0, 0.1) is 5.92 Å². The average molecular weight is 494 g/mol. The minimum Gasteiger partial charge on any atom is -0.487 e. The van der Waals surface area contributed by atoms with Gasteiger partial charge in [0, 0.05) is 11.5 Å². The van der Waals surface area contributed by atoms with Gasteiger partial charge in [0.2, 0.25) is 5.91 Å². The van der Waals surface area contributed by atoms with Crippen molar-refractivity contribution in [3.63, 3.8) is 0 Å². The van der Waals surface area contributed by atoms with Crippen LogP contribution in [0.3, 0.4) is 0 Å². The Morgan fingerprint density at radius 2 is 1.80 bits per heavy atom. The van der Waals surface area contributed by atoms with E-state index in [9.17, 15) is 18.0 Å². The number of unbranched alkanes of at least 4 members (excludes halogenated alkanes) is 3. The van der Waals surface area contributed by atoms with E-state index in [1.54, 1.807) is 6.08 Å². The molecule has 6 heteroatoms. The number of carbonyl (C=O) groups excluding carboxylic acids is 1. The van der Waals surface area contributed by atoms with Crippen LogP contribution in [-0.2, 0) is 10.2 Å². The van der Waals surface area contributed by atoms with Crippen LogP contribution in [0.4, 0.5) is 13.2 Å². The number of rotatable bonds is 8. The molecular weight excluding hydrogens is 451 g/mol. The number of carbonyl (C=O) groups is 1. The second-order valence-electron chi connectivity index (χ2n) is 12.1. The summed E-state index contributed by atoms with van der Waals surface area (Å²) in [5.74, 6) is 0.374. The molecule has 0 aromatic heterocycles. The Morgan fingerprint density at radius 3 is 2.43 bits per heavy atom. The molecule has 0 bridgehead atoms. The summed E-state index contributed by atoms with van der Waals surface area (Å²) in [6.45, 7) is 12.9. The first kappa shape index (κ1) is 27.6. The van der Waals surface area contributed by atoms with E-state index in [0.717, 1.165) is 31.6 Å². The molecule has 1 N–H and O–H groups in total. The number of halogens is 3. The smallest absolute Gasteiger partial charge is 0.410 e. The number of ether oxygens (including phenoxy) is 1. The van der Waals surface area contributed by atoms with Gasteiger partial charge in [0.15, 0.2) is 0 Å². The molecule has 1 heterocycles. The maximum absolute atomic E-state index is 13.3. The van der Waals surface area contributed by atoms with E-state index in [4.69, 9.17) is 4.74 Å². The lowest BCUT2D eigenvalue weighted by molar-refractivity contribution is -0.187. The topological polar surface area (TPSA) is 38.3 Å². The third-order valence-corrected chi connectivity index (χ3v) is 8.09. The van der Waals surface area contributed by atoms with E-state index in [2.05, 4.69) is 58.1 Å². The lowest BCUT2D eigenvalue weighted by atomic mass is 9.66. The van der Waals surface area contributed by atoms with Crippen molar-refractivity contribution in [3.05, 3.63) is 41.0 Å². The van der Waals surface area contributed by atoms with Gasteiger partial charge in [-0.25, -0.2) is 0 Å². The minimum absolute atomic E-state index is 0.0216. The third-order valence-electron chi connectivity index (χ3n) is 8.09. The van der Waals surface area contributed by atoms with Gasteiger partial charge in [-0.1, -0.05) is 64.7 Å². The molecule has 0 saturated carbocycles. The standard InChI is InChI=1S/C29H42F3NO2/c1-8-9-10-11-16-26(2,3)20-13-14-21-22-17-19(25(34)33-28(6,7)29(30,31)32)12-15-23(22)27(4,5)35-24(21)18-20/h12-14,18,22-23H,8-11,15-17H2,1-7H3,(H,33,34)/t22-,23+/m0/s1. The molecule has 35 heavy (non-hydrogen) atoms. The molecule has 2 atom stereocenters. The van der Waals surface area contributed by atoms with E-state index in [1.807, 2.05) is 0 Å². The molecule has 1 aliphatic heterocycles. The Balaban J connectivity index is 1.84. The van der Waals surface area contributed by atoms with Crippen molar-refractivity contribution in [3.8, 4) is 5.75 Å². The van der Waals surface area contributed by atoms with Crippen molar-refractivity contribution < 1.29 is 22.7 Å². The predicted molar refractivity (Wildman–Crippen MR) is 135 cm³/mol. The highest BCUT2D eigenvalue weighted by Gasteiger charge is 2.50. The van der Waals surface area contributed by atoms with Crippen LogP contribution in [0.2, 0.25) is 0 Å². The number of nitrogens with one attached hydrogen (secondary N) is 1. The third kappa shape index (κ3) is 5.89. The zero-order chi connectivity index (χ0) is 26.2. The SMILES string of the molecule is CCCCCCC(C)(C)c1ccc2c(c1)OC(C)(C)[C@@H]1CC=C(C(=O)NC(C)(C)C(F)(F)F)C[C@@H]21. The molecule has 1 aromatic rings. The molecule has 0 unspecified atom stereocenters.